The average Bonchev–Trinajstić information content (AvgIpc) is 2.92. The van der Waals surface area contributed by atoms with Gasteiger partial charge in [0.05, 0.1) is 13.2 Å². The highest BCUT2D eigenvalue weighted by atomic mass is 31.2. The molecule has 2 fully saturated rings. The summed E-state index contributed by atoms with van der Waals surface area (Å²) in [6, 6.07) is 0. The molecule has 0 aromatic rings. The molecule has 2 heterocycles. The van der Waals surface area contributed by atoms with Gasteiger partial charge in [0, 0.05) is 6.16 Å². The second kappa shape index (κ2) is 8.64. The molecule has 0 radical (unpaired) electrons. The van der Waals surface area contributed by atoms with E-state index in [0.717, 1.165) is 6.42 Å². The Labute approximate surface area is 107 Å². The van der Waals surface area contributed by atoms with Gasteiger partial charge in [-0.25, -0.2) is 0 Å². The predicted octanol–water partition coefficient (Wildman–Crippen LogP) is 4.31. The van der Waals surface area contributed by atoms with Gasteiger partial charge >= 0.3 is 7.60 Å². The Morgan fingerprint density at radius 1 is 1.06 bits per heavy atom. The van der Waals surface area contributed by atoms with E-state index in [4.69, 9.17) is 9.05 Å². The van der Waals surface area contributed by atoms with Crippen molar-refractivity contribution < 1.29 is 13.6 Å². The van der Waals surface area contributed by atoms with Gasteiger partial charge < -0.3 is 9.05 Å². The summed E-state index contributed by atoms with van der Waals surface area (Å²) in [7, 11) is -2.02. The normalized spacial score (nSPS) is 23.4. The highest BCUT2D eigenvalue weighted by molar-refractivity contribution is 7.57. The van der Waals surface area contributed by atoms with E-state index in [2.05, 4.69) is 6.92 Å². The first kappa shape index (κ1) is 15.6. The lowest BCUT2D eigenvalue weighted by Crippen LogP contribution is -1.86. The van der Waals surface area contributed by atoms with Crippen molar-refractivity contribution in [2.75, 3.05) is 37.9 Å². The van der Waals surface area contributed by atoms with Crippen LogP contribution in [0.5, 0.6) is 0 Å². The molecule has 0 atom stereocenters. The minimum atomic E-state index is -2.57. The molecule has 0 saturated carbocycles. The Kier molecular flexibility index (Phi) is 7.95. The minimum absolute atomic E-state index is 0.497. The average molecular weight is 280 g/mol. The summed E-state index contributed by atoms with van der Waals surface area (Å²) >= 11 is 0. The fourth-order valence-electron chi connectivity index (χ4n) is 2.12. The van der Waals surface area contributed by atoms with Crippen molar-refractivity contribution in [2.45, 2.75) is 39.5 Å². The molecule has 0 N–H and O–H groups in total. The van der Waals surface area contributed by atoms with Crippen molar-refractivity contribution in [3.8, 4) is 0 Å². The molecule has 2 saturated heterocycles. The van der Waals surface area contributed by atoms with Crippen molar-refractivity contribution >= 4 is 15.5 Å². The van der Waals surface area contributed by atoms with Crippen molar-refractivity contribution in [1.82, 2.24) is 0 Å². The molecule has 0 spiro atoms. The Balaban J connectivity index is 0.000000171. The van der Waals surface area contributed by atoms with Crippen LogP contribution in [0.15, 0.2) is 0 Å². The van der Waals surface area contributed by atoms with Crippen LogP contribution >= 0.6 is 15.5 Å². The van der Waals surface area contributed by atoms with Crippen LogP contribution in [0.25, 0.3) is 0 Å². The van der Waals surface area contributed by atoms with Gasteiger partial charge in [0.25, 0.3) is 0 Å². The van der Waals surface area contributed by atoms with Crippen LogP contribution in [-0.4, -0.2) is 37.9 Å². The van der Waals surface area contributed by atoms with E-state index in [9.17, 15) is 4.57 Å². The quantitative estimate of drug-likeness (QED) is 0.720. The SMILES string of the molecule is CCCP1(=O)OCCO1.CCCP1CCCC1. The van der Waals surface area contributed by atoms with Crippen LogP contribution in [0.2, 0.25) is 0 Å². The molecule has 0 unspecified atom stereocenters. The fourth-order valence-corrected chi connectivity index (χ4v) is 6.35. The third-order valence-corrected chi connectivity index (χ3v) is 8.02. The number of rotatable bonds is 4. The molecule has 0 aliphatic carbocycles. The zero-order valence-electron chi connectivity index (χ0n) is 11.2. The maximum absolute atomic E-state index is 11.2. The van der Waals surface area contributed by atoms with Gasteiger partial charge in [0.15, 0.2) is 0 Å². The third kappa shape index (κ3) is 6.34. The molecule has 0 aromatic carbocycles. The second-order valence-electron chi connectivity index (χ2n) is 4.55. The maximum Gasteiger partial charge on any atom is 0.330 e. The van der Waals surface area contributed by atoms with E-state index in [0.29, 0.717) is 27.3 Å². The summed E-state index contributed by atoms with van der Waals surface area (Å²) in [5.41, 5.74) is 0. The molecule has 5 heteroatoms. The summed E-state index contributed by atoms with van der Waals surface area (Å²) in [5.74, 6) is 0. The molecule has 2 rings (SSSR count). The standard InChI is InChI=1S/C7H15P.C5H11O3P/c1-2-5-8-6-3-4-7-8;1-2-5-9(6)7-3-4-8-9/h2-7H2,1H3;2-5H2,1H3. The summed E-state index contributed by atoms with van der Waals surface area (Å²) in [4.78, 5) is 0. The van der Waals surface area contributed by atoms with Gasteiger partial charge in [0.2, 0.25) is 0 Å². The van der Waals surface area contributed by atoms with E-state index in [1.165, 1.54) is 19.3 Å². The van der Waals surface area contributed by atoms with Gasteiger partial charge in [-0.05, 0) is 37.7 Å². The Morgan fingerprint density at radius 3 is 2.12 bits per heavy atom. The van der Waals surface area contributed by atoms with Crippen LogP contribution in [-0.2, 0) is 13.6 Å². The molecule has 2 aliphatic rings. The molecule has 0 amide bonds. The third-order valence-electron chi connectivity index (χ3n) is 2.90. The lowest BCUT2D eigenvalue weighted by molar-refractivity contribution is 0.351. The molecule has 0 aromatic heterocycles. The fraction of sp³-hybridized carbons (Fsp3) is 1.00. The van der Waals surface area contributed by atoms with Crippen molar-refractivity contribution in [3.63, 3.8) is 0 Å². The Hall–Kier alpha value is 0.580. The summed E-state index contributed by atoms with van der Waals surface area (Å²) in [6.07, 6.45) is 10.6. The van der Waals surface area contributed by atoms with Crippen molar-refractivity contribution in [1.29, 1.82) is 0 Å². The summed E-state index contributed by atoms with van der Waals surface area (Å²) in [5, 5.41) is 0. The summed E-state index contributed by atoms with van der Waals surface area (Å²) in [6.45, 7) is 5.26. The first-order chi connectivity index (χ1) is 8.20. The van der Waals surface area contributed by atoms with Crippen LogP contribution < -0.4 is 0 Å². The lowest BCUT2D eigenvalue weighted by atomic mass is 10.4. The summed E-state index contributed by atoms with van der Waals surface area (Å²) < 4.78 is 21.0. The first-order valence-corrected chi connectivity index (χ1v) is 10.4. The molecule has 2 aliphatic heterocycles. The molecular formula is C12H26O3P2. The van der Waals surface area contributed by atoms with E-state index < -0.39 is 7.60 Å². The molecule has 3 nitrogen and oxygen atoms in total. The highest BCUT2D eigenvalue weighted by Crippen LogP contribution is 2.51. The van der Waals surface area contributed by atoms with Crippen LogP contribution in [0, 0.1) is 0 Å². The number of hydrogen-bond donors (Lipinski definition) is 0. The van der Waals surface area contributed by atoms with Gasteiger partial charge in [-0.15, -0.1) is 7.92 Å². The van der Waals surface area contributed by atoms with E-state index in [-0.39, 0.29) is 0 Å². The van der Waals surface area contributed by atoms with Crippen LogP contribution in [0.1, 0.15) is 39.5 Å². The van der Waals surface area contributed by atoms with Crippen molar-refractivity contribution in [2.24, 2.45) is 0 Å². The Bertz CT molecular complexity index is 230. The monoisotopic (exact) mass is 280 g/mol. The molecule has 17 heavy (non-hydrogen) atoms. The van der Waals surface area contributed by atoms with Gasteiger partial charge in [-0.2, -0.15) is 0 Å². The smallest absolute Gasteiger partial charge is 0.306 e. The van der Waals surface area contributed by atoms with E-state index in [1.807, 2.05) is 6.92 Å². The number of hydrogen-bond acceptors (Lipinski definition) is 3. The predicted molar refractivity (Wildman–Crippen MR) is 75.7 cm³/mol. The lowest BCUT2D eigenvalue weighted by Gasteiger charge is -2.05. The second-order valence-corrected chi connectivity index (χ2v) is 9.42. The molecular weight excluding hydrogens is 254 g/mol. The molecule has 0 bridgehead atoms. The topological polar surface area (TPSA) is 35.5 Å². The van der Waals surface area contributed by atoms with Crippen molar-refractivity contribution in [3.05, 3.63) is 0 Å². The maximum atomic E-state index is 11.2. The highest BCUT2D eigenvalue weighted by Gasteiger charge is 2.28. The molecule has 102 valence electrons. The largest absolute Gasteiger partial charge is 0.330 e. The first-order valence-electron chi connectivity index (χ1n) is 6.80. The van der Waals surface area contributed by atoms with E-state index in [1.54, 1.807) is 18.5 Å². The van der Waals surface area contributed by atoms with E-state index >= 15 is 0 Å². The zero-order chi connectivity index (χ0) is 12.6. The van der Waals surface area contributed by atoms with Crippen LogP contribution in [0.3, 0.4) is 0 Å². The minimum Gasteiger partial charge on any atom is -0.306 e. The zero-order valence-corrected chi connectivity index (χ0v) is 13.0. The van der Waals surface area contributed by atoms with Crippen LogP contribution in [0.4, 0.5) is 0 Å². The van der Waals surface area contributed by atoms with Gasteiger partial charge in [-0.1, -0.05) is 20.3 Å². The van der Waals surface area contributed by atoms with Gasteiger partial charge in [-0.3, -0.25) is 4.57 Å². The Morgan fingerprint density at radius 2 is 1.65 bits per heavy atom. The van der Waals surface area contributed by atoms with Gasteiger partial charge in [0.1, 0.15) is 0 Å².